The molecule has 118 valence electrons. The summed E-state index contributed by atoms with van der Waals surface area (Å²) in [6, 6.07) is 15.2. The Labute approximate surface area is 134 Å². The van der Waals surface area contributed by atoms with Gasteiger partial charge in [0.05, 0.1) is 11.5 Å². The number of hydrogen-bond donors (Lipinski definition) is 2. The van der Waals surface area contributed by atoms with E-state index < -0.39 is 0 Å². The predicted molar refractivity (Wildman–Crippen MR) is 90.3 cm³/mol. The number of aryl methyl sites for hydroxylation is 1. The van der Waals surface area contributed by atoms with E-state index in [0.29, 0.717) is 0 Å². The van der Waals surface area contributed by atoms with Gasteiger partial charge in [0.2, 0.25) is 0 Å². The summed E-state index contributed by atoms with van der Waals surface area (Å²) >= 11 is 0. The minimum atomic E-state index is -0.348. The van der Waals surface area contributed by atoms with E-state index >= 15 is 0 Å². The van der Waals surface area contributed by atoms with Gasteiger partial charge in [-0.25, -0.2) is 0 Å². The Morgan fingerprint density at radius 2 is 2.00 bits per heavy atom. The highest BCUT2D eigenvalue weighted by Crippen LogP contribution is 2.21. The van der Waals surface area contributed by atoms with Crippen molar-refractivity contribution < 1.29 is 10.2 Å². The molecule has 0 bridgehead atoms. The number of para-hydroxylation sites is 1. The average Bonchev–Trinajstić information content (AvgIpc) is 2.87. The molecule has 0 atom stereocenters. The fourth-order valence-corrected chi connectivity index (χ4v) is 2.97. The van der Waals surface area contributed by atoms with Crippen LogP contribution < -0.4 is 5.32 Å². The van der Waals surface area contributed by atoms with Crippen LogP contribution in [0.1, 0.15) is 16.8 Å². The summed E-state index contributed by atoms with van der Waals surface area (Å²) in [6.45, 7) is 3.81. The lowest BCUT2D eigenvalue weighted by molar-refractivity contribution is -0.670. The number of non-ortho nitro benzene ring substituents is 1. The number of H-pyrrole nitrogens is 1. The zero-order valence-corrected chi connectivity index (χ0v) is 13.1. The molecule has 0 spiro atoms. The van der Waals surface area contributed by atoms with E-state index in [4.69, 9.17) is 0 Å². The maximum atomic E-state index is 10.8. The first-order chi connectivity index (χ1) is 11.1. The molecule has 0 fully saturated rings. The number of nitrogens with zero attached hydrogens (tertiary/aromatic N) is 1. The van der Waals surface area contributed by atoms with E-state index in [1.165, 1.54) is 28.2 Å². The van der Waals surface area contributed by atoms with Gasteiger partial charge in [0, 0.05) is 40.7 Å². The number of nitro benzene ring substituents is 1. The fraction of sp³-hybridized carbons (Fsp3) is 0.222. The number of benzene rings is 2. The summed E-state index contributed by atoms with van der Waals surface area (Å²) in [4.78, 5) is 13.9. The number of hydrogen-bond acceptors (Lipinski definition) is 2. The smallest absolute Gasteiger partial charge is 0.269 e. The van der Waals surface area contributed by atoms with E-state index in [-0.39, 0.29) is 10.6 Å². The average molecular weight is 310 g/mol. The van der Waals surface area contributed by atoms with Crippen molar-refractivity contribution in [2.45, 2.75) is 19.9 Å². The molecule has 5 nitrogen and oxygen atoms in total. The van der Waals surface area contributed by atoms with Crippen molar-refractivity contribution in [3.05, 3.63) is 75.5 Å². The lowest BCUT2D eigenvalue weighted by Crippen LogP contribution is -2.83. The van der Waals surface area contributed by atoms with Gasteiger partial charge < -0.3 is 10.3 Å². The molecule has 3 aromatic rings. The number of nitro groups is 1. The van der Waals surface area contributed by atoms with Gasteiger partial charge in [-0.1, -0.05) is 30.3 Å². The van der Waals surface area contributed by atoms with Crippen molar-refractivity contribution in [1.29, 1.82) is 0 Å². The third-order valence-electron chi connectivity index (χ3n) is 4.13. The van der Waals surface area contributed by atoms with E-state index in [2.05, 4.69) is 35.4 Å². The first-order valence-corrected chi connectivity index (χ1v) is 7.76. The Kier molecular flexibility index (Phi) is 4.39. The molecule has 0 aliphatic rings. The van der Waals surface area contributed by atoms with Gasteiger partial charge in [-0.3, -0.25) is 10.1 Å². The molecule has 0 saturated carbocycles. The SMILES string of the molecule is Cc1[nH]c2ccccc2c1CC[NH2+]Cc1cccc([N+](=O)[O-])c1. The first kappa shape index (κ1) is 15.2. The van der Waals surface area contributed by atoms with Crippen LogP contribution in [0.15, 0.2) is 48.5 Å². The Bertz CT molecular complexity index is 839. The first-order valence-electron chi connectivity index (χ1n) is 7.76. The molecule has 0 amide bonds. The Morgan fingerprint density at radius 1 is 1.17 bits per heavy atom. The van der Waals surface area contributed by atoms with Crippen LogP contribution >= 0.6 is 0 Å². The van der Waals surface area contributed by atoms with Gasteiger partial charge in [-0.05, 0) is 18.6 Å². The van der Waals surface area contributed by atoms with Gasteiger partial charge in [-0.15, -0.1) is 0 Å². The van der Waals surface area contributed by atoms with Crippen LogP contribution in [0, 0.1) is 17.0 Å². The maximum absolute atomic E-state index is 10.8. The normalized spacial score (nSPS) is 11.0. The molecule has 1 heterocycles. The highest BCUT2D eigenvalue weighted by atomic mass is 16.6. The van der Waals surface area contributed by atoms with Crippen molar-refractivity contribution in [3.8, 4) is 0 Å². The monoisotopic (exact) mass is 310 g/mol. The van der Waals surface area contributed by atoms with Gasteiger partial charge in [-0.2, -0.15) is 0 Å². The number of rotatable bonds is 6. The molecule has 23 heavy (non-hydrogen) atoms. The summed E-state index contributed by atoms with van der Waals surface area (Å²) in [5.74, 6) is 0. The highest BCUT2D eigenvalue weighted by molar-refractivity contribution is 5.84. The summed E-state index contributed by atoms with van der Waals surface area (Å²) in [5.41, 5.74) is 4.89. The Hall–Kier alpha value is -2.66. The van der Waals surface area contributed by atoms with Gasteiger partial charge >= 0.3 is 0 Å². The Morgan fingerprint density at radius 3 is 2.83 bits per heavy atom. The molecule has 0 saturated heterocycles. The minimum Gasteiger partial charge on any atom is -0.358 e. The van der Waals surface area contributed by atoms with Crippen LogP contribution in [-0.4, -0.2) is 16.5 Å². The molecule has 0 unspecified atom stereocenters. The van der Waals surface area contributed by atoms with Crippen LogP contribution in [0.2, 0.25) is 0 Å². The van der Waals surface area contributed by atoms with Gasteiger partial charge in [0.25, 0.3) is 5.69 Å². The molecule has 3 N–H and O–H groups in total. The van der Waals surface area contributed by atoms with Crippen molar-refractivity contribution in [2.75, 3.05) is 6.54 Å². The summed E-state index contributed by atoms with van der Waals surface area (Å²) in [6.07, 6.45) is 0.977. The molecule has 0 radical (unpaired) electrons. The zero-order chi connectivity index (χ0) is 16.2. The van der Waals surface area contributed by atoms with Gasteiger partial charge in [0.15, 0.2) is 0 Å². The van der Waals surface area contributed by atoms with Crippen molar-refractivity contribution in [3.63, 3.8) is 0 Å². The number of nitrogens with two attached hydrogens (primary N) is 1. The molecule has 1 aromatic heterocycles. The third-order valence-corrected chi connectivity index (χ3v) is 4.13. The lowest BCUT2D eigenvalue weighted by atomic mass is 10.1. The largest absolute Gasteiger partial charge is 0.358 e. The van der Waals surface area contributed by atoms with Crippen LogP contribution in [0.5, 0.6) is 0 Å². The summed E-state index contributed by atoms with van der Waals surface area (Å²) < 4.78 is 0. The Balaban J connectivity index is 1.60. The van der Waals surface area contributed by atoms with E-state index in [0.717, 1.165) is 25.1 Å². The molecule has 3 rings (SSSR count). The minimum absolute atomic E-state index is 0.156. The van der Waals surface area contributed by atoms with Crippen LogP contribution in [0.25, 0.3) is 10.9 Å². The predicted octanol–water partition coefficient (Wildman–Crippen LogP) is 2.69. The molecule has 0 aliphatic carbocycles. The second-order valence-electron chi connectivity index (χ2n) is 5.73. The summed E-state index contributed by atoms with van der Waals surface area (Å²) in [7, 11) is 0. The topological polar surface area (TPSA) is 75.5 Å². The van der Waals surface area contributed by atoms with Crippen molar-refractivity contribution >= 4 is 16.6 Å². The second kappa shape index (κ2) is 6.62. The molecular formula is C18H20N3O2+. The van der Waals surface area contributed by atoms with Crippen molar-refractivity contribution in [2.24, 2.45) is 0 Å². The molecule has 2 aromatic carbocycles. The molecular weight excluding hydrogens is 290 g/mol. The van der Waals surface area contributed by atoms with E-state index in [9.17, 15) is 10.1 Å². The third kappa shape index (κ3) is 3.40. The maximum Gasteiger partial charge on any atom is 0.269 e. The fourth-order valence-electron chi connectivity index (χ4n) is 2.97. The number of aromatic amines is 1. The highest BCUT2D eigenvalue weighted by Gasteiger charge is 2.09. The molecule has 0 aliphatic heterocycles. The molecule has 5 heteroatoms. The van der Waals surface area contributed by atoms with E-state index in [1.54, 1.807) is 12.1 Å². The lowest BCUT2D eigenvalue weighted by Gasteiger charge is -2.03. The van der Waals surface area contributed by atoms with E-state index in [1.807, 2.05) is 12.1 Å². The number of nitrogens with one attached hydrogen (secondary N) is 1. The van der Waals surface area contributed by atoms with Crippen molar-refractivity contribution in [1.82, 2.24) is 4.98 Å². The second-order valence-corrected chi connectivity index (χ2v) is 5.73. The van der Waals surface area contributed by atoms with Crippen LogP contribution in [-0.2, 0) is 13.0 Å². The number of aromatic nitrogens is 1. The standard InChI is InChI=1S/C18H19N3O2/c1-13-16(17-7-2-3-8-18(17)20-13)9-10-19-12-14-5-4-6-15(11-14)21(22)23/h2-8,11,19-20H,9-10,12H2,1H3/p+1. The zero-order valence-electron chi connectivity index (χ0n) is 13.1. The quantitative estimate of drug-likeness (QED) is 0.417. The van der Waals surface area contributed by atoms with Crippen LogP contribution in [0.4, 0.5) is 5.69 Å². The number of quaternary nitrogens is 1. The van der Waals surface area contributed by atoms with Gasteiger partial charge in [0.1, 0.15) is 6.54 Å². The summed E-state index contributed by atoms with van der Waals surface area (Å²) in [5, 5.41) is 14.3. The number of fused-ring (bicyclic) bond motifs is 1. The van der Waals surface area contributed by atoms with Crippen LogP contribution in [0.3, 0.4) is 0 Å².